The van der Waals surface area contributed by atoms with Gasteiger partial charge in [0.1, 0.15) is 0 Å². The molecule has 1 heterocycles. The average molecular weight is 97.1 g/mol. The standard InChI is InChI=1S/C4H3NS/c6-4-1-2-5-3-4/h1-3H. The molecular formula is C4H3NS. The van der Waals surface area contributed by atoms with Crippen LogP contribution in [0.4, 0.5) is 0 Å². The molecule has 1 aliphatic rings. The van der Waals surface area contributed by atoms with Crippen molar-refractivity contribution in [2.24, 2.45) is 4.99 Å². The van der Waals surface area contributed by atoms with Crippen LogP contribution < -0.4 is 0 Å². The second-order valence-corrected chi connectivity index (χ2v) is 1.47. The molecule has 1 rings (SSSR count). The van der Waals surface area contributed by atoms with Crippen molar-refractivity contribution in [1.82, 2.24) is 0 Å². The zero-order valence-corrected chi connectivity index (χ0v) is 3.90. The van der Waals surface area contributed by atoms with Crippen LogP contribution in [0.5, 0.6) is 0 Å². The Morgan fingerprint density at radius 2 is 2.50 bits per heavy atom. The van der Waals surface area contributed by atoms with Crippen LogP contribution in [-0.4, -0.2) is 11.1 Å². The highest BCUT2D eigenvalue weighted by atomic mass is 32.1. The maximum absolute atomic E-state index is 4.68. The van der Waals surface area contributed by atoms with Crippen LogP contribution in [-0.2, 0) is 0 Å². The highest BCUT2D eigenvalue weighted by Crippen LogP contribution is 1.86. The summed E-state index contributed by atoms with van der Waals surface area (Å²) in [7, 11) is 0. The first-order valence-corrected chi connectivity index (χ1v) is 2.04. The molecule has 0 radical (unpaired) electrons. The molecule has 2 heteroatoms. The van der Waals surface area contributed by atoms with Crippen molar-refractivity contribution < 1.29 is 0 Å². The van der Waals surface area contributed by atoms with E-state index in [0.717, 1.165) is 4.86 Å². The number of aliphatic imine (C=N–C) groups is 1. The number of hydrogen-bond donors (Lipinski definition) is 0. The first kappa shape index (κ1) is 3.68. The molecule has 0 unspecified atom stereocenters. The van der Waals surface area contributed by atoms with E-state index in [4.69, 9.17) is 0 Å². The third-order valence-electron chi connectivity index (χ3n) is 0.527. The summed E-state index contributed by atoms with van der Waals surface area (Å²) in [6.07, 6.45) is 5.12. The molecule has 0 aliphatic carbocycles. The summed E-state index contributed by atoms with van der Waals surface area (Å²) in [4.78, 5) is 4.53. The van der Waals surface area contributed by atoms with Crippen molar-refractivity contribution in [3.05, 3.63) is 12.3 Å². The molecular weight excluding hydrogens is 94.1 g/mol. The van der Waals surface area contributed by atoms with Crippen molar-refractivity contribution >= 4 is 23.3 Å². The van der Waals surface area contributed by atoms with E-state index in [1.165, 1.54) is 0 Å². The van der Waals surface area contributed by atoms with Crippen LogP contribution in [0.1, 0.15) is 0 Å². The predicted molar refractivity (Wildman–Crippen MR) is 30.2 cm³/mol. The highest BCUT2D eigenvalue weighted by Gasteiger charge is 1.85. The summed E-state index contributed by atoms with van der Waals surface area (Å²) in [6.45, 7) is 0. The van der Waals surface area contributed by atoms with Crippen molar-refractivity contribution in [3.63, 3.8) is 0 Å². The molecule has 1 aliphatic heterocycles. The van der Waals surface area contributed by atoms with Gasteiger partial charge < -0.3 is 0 Å². The molecule has 0 aromatic rings. The number of rotatable bonds is 0. The minimum atomic E-state index is 0.815. The van der Waals surface area contributed by atoms with Gasteiger partial charge in [-0.1, -0.05) is 12.2 Å². The maximum Gasteiger partial charge on any atom is 0.0575 e. The Bertz CT molecular complexity index is 110. The van der Waals surface area contributed by atoms with Gasteiger partial charge in [0.2, 0.25) is 0 Å². The number of nitrogens with zero attached hydrogens (tertiary/aromatic N) is 1. The van der Waals surface area contributed by atoms with Gasteiger partial charge in [-0.05, 0) is 6.08 Å². The van der Waals surface area contributed by atoms with Gasteiger partial charge in [-0.2, -0.15) is 0 Å². The Hall–Kier alpha value is -0.500. The summed E-state index contributed by atoms with van der Waals surface area (Å²) in [5.41, 5.74) is 0. The number of hydrogen-bond acceptors (Lipinski definition) is 2. The van der Waals surface area contributed by atoms with Gasteiger partial charge in [-0.25, -0.2) is 0 Å². The van der Waals surface area contributed by atoms with Gasteiger partial charge in [0.05, 0.1) is 4.86 Å². The normalized spacial score (nSPS) is 17.0. The molecule has 1 nitrogen and oxygen atoms in total. The topological polar surface area (TPSA) is 12.4 Å². The summed E-state index contributed by atoms with van der Waals surface area (Å²) >= 11 is 4.68. The first-order chi connectivity index (χ1) is 2.89. The Labute approximate surface area is 41.4 Å². The zero-order chi connectivity index (χ0) is 4.41. The first-order valence-electron chi connectivity index (χ1n) is 1.63. The lowest BCUT2D eigenvalue weighted by molar-refractivity contribution is 1.65. The van der Waals surface area contributed by atoms with Gasteiger partial charge in [0.15, 0.2) is 0 Å². The van der Waals surface area contributed by atoms with E-state index < -0.39 is 0 Å². The molecule has 0 fully saturated rings. The highest BCUT2D eigenvalue weighted by molar-refractivity contribution is 7.82. The second kappa shape index (κ2) is 1.30. The smallest absolute Gasteiger partial charge is 0.0575 e. The third-order valence-corrected chi connectivity index (χ3v) is 0.768. The molecule has 0 aromatic carbocycles. The molecule has 0 saturated heterocycles. The van der Waals surface area contributed by atoms with Crippen LogP contribution >= 0.6 is 12.2 Å². The van der Waals surface area contributed by atoms with Crippen LogP contribution in [0.3, 0.4) is 0 Å². The number of allylic oxidation sites excluding steroid dienone is 1. The van der Waals surface area contributed by atoms with Gasteiger partial charge in [0.25, 0.3) is 0 Å². The van der Waals surface area contributed by atoms with Crippen LogP contribution in [0.15, 0.2) is 17.3 Å². The molecule has 30 valence electrons. The summed E-state index contributed by atoms with van der Waals surface area (Å²) in [6, 6.07) is 0. The van der Waals surface area contributed by atoms with E-state index in [2.05, 4.69) is 17.2 Å². The lowest BCUT2D eigenvalue weighted by Crippen LogP contribution is -1.79. The monoisotopic (exact) mass is 97.0 g/mol. The molecule has 0 bridgehead atoms. The maximum atomic E-state index is 4.68. The molecule has 6 heavy (non-hydrogen) atoms. The summed E-state index contributed by atoms with van der Waals surface area (Å²) < 4.78 is 0. The van der Waals surface area contributed by atoms with E-state index >= 15 is 0 Å². The van der Waals surface area contributed by atoms with E-state index in [9.17, 15) is 0 Å². The van der Waals surface area contributed by atoms with E-state index in [1.807, 2.05) is 0 Å². The SMILES string of the molecule is S=C1C=CN=C1. The lowest BCUT2D eigenvalue weighted by atomic mass is 10.5. The summed E-state index contributed by atoms with van der Waals surface area (Å²) in [5, 5.41) is 0. The van der Waals surface area contributed by atoms with Gasteiger partial charge in [-0.15, -0.1) is 0 Å². The van der Waals surface area contributed by atoms with E-state index in [-0.39, 0.29) is 0 Å². The average Bonchev–Trinajstić information content (AvgIpc) is 1.86. The Morgan fingerprint density at radius 3 is 2.67 bits per heavy atom. The van der Waals surface area contributed by atoms with Crippen molar-refractivity contribution in [3.8, 4) is 0 Å². The largest absolute Gasteiger partial charge is 0.263 e. The molecule has 0 atom stereocenters. The van der Waals surface area contributed by atoms with Crippen LogP contribution in [0.2, 0.25) is 0 Å². The second-order valence-electron chi connectivity index (χ2n) is 0.996. The Morgan fingerprint density at radius 1 is 1.67 bits per heavy atom. The fraction of sp³-hybridized carbons (Fsp3) is 0. The number of thiocarbonyl (C=S) groups is 1. The molecule has 0 spiro atoms. The van der Waals surface area contributed by atoms with Crippen LogP contribution in [0.25, 0.3) is 0 Å². The van der Waals surface area contributed by atoms with Crippen molar-refractivity contribution in [2.75, 3.05) is 0 Å². The van der Waals surface area contributed by atoms with E-state index in [1.54, 1.807) is 18.5 Å². The molecule has 0 aromatic heterocycles. The van der Waals surface area contributed by atoms with Crippen molar-refractivity contribution in [1.29, 1.82) is 0 Å². The predicted octanol–water partition coefficient (Wildman–Crippen LogP) is 0.954. The lowest BCUT2D eigenvalue weighted by Gasteiger charge is -1.64. The van der Waals surface area contributed by atoms with Crippen molar-refractivity contribution in [2.45, 2.75) is 0 Å². The fourth-order valence-electron chi connectivity index (χ4n) is 0.276. The van der Waals surface area contributed by atoms with Gasteiger partial charge in [-0.3, -0.25) is 4.99 Å². The van der Waals surface area contributed by atoms with Gasteiger partial charge >= 0.3 is 0 Å². The fourth-order valence-corrected chi connectivity index (χ4v) is 0.398. The van der Waals surface area contributed by atoms with E-state index in [0.29, 0.717) is 0 Å². The third kappa shape index (κ3) is 0.518. The Balaban J connectivity index is 2.86. The van der Waals surface area contributed by atoms with Gasteiger partial charge in [0, 0.05) is 12.4 Å². The molecule has 0 saturated carbocycles. The zero-order valence-electron chi connectivity index (χ0n) is 3.09. The van der Waals surface area contributed by atoms with Crippen LogP contribution in [0, 0.1) is 0 Å². The minimum Gasteiger partial charge on any atom is -0.263 e. The quantitative estimate of drug-likeness (QED) is 0.410. The molecule has 0 N–H and O–H groups in total. The Kier molecular flexibility index (Phi) is 0.801. The molecule has 0 amide bonds. The summed E-state index contributed by atoms with van der Waals surface area (Å²) in [5.74, 6) is 0. The minimum absolute atomic E-state index is 0.815.